The van der Waals surface area contributed by atoms with Crippen LogP contribution in [0.1, 0.15) is 120 Å². The number of carbonyl (C=O) groups excluding carboxylic acids is 1. The van der Waals surface area contributed by atoms with Crippen LogP contribution in [0.25, 0.3) is 0 Å². The third-order valence-electron chi connectivity index (χ3n) is 5.36. The molecule has 0 saturated carbocycles. The predicted octanol–water partition coefficient (Wildman–Crippen LogP) is 7.42. The fraction of sp³-hybridized carbons (Fsp3) is 0.708. The van der Waals surface area contributed by atoms with Gasteiger partial charge in [0, 0.05) is 12.0 Å². The Morgan fingerprint density at radius 2 is 1.22 bits per heavy atom. The van der Waals surface area contributed by atoms with E-state index < -0.39 is 0 Å². The summed E-state index contributed by atoms with van der Waals surface area (Å²) in [5.41, 5.74) is 6.52. The molecule has 27 heavy (non-hydrogen) atoms. The molecule has 0 radical (unpaired) electrons. The molecule has 0 saturated heterocycles. The maximum absolute atomic E-state index is 12.1. The molecular formula is C24H41NO2. The highest BCUT2D eigenvalue weighted by Gasteiger charge is 2.07. The van der Waals surface area contributed by atoms with Crippen molar-refractivity contribution in [2.75, 3.05) is 5.73 Å². The largest absolute Gasteiger partial charge is 0.506 e. The number of phenolic OH excluding ortho intramolecular Hbond substituents is 1. The summed E-state index contributed by atoms with van der Waals surface area (Å²) in [7, 11) is 0. The van der Waals surface area contributed by atoms with Crippen molar-refractivity contribution in [3.8, 4) is 5.75 Å². The molecule has 154 valence electrons. The summed E-state index contributed by atoms with van der Waals surface area (Å²) in [6.07, 6.45) is 20.5. The lowest BCUT2D eigenvalue weighted by Crippen LogP contribution is -2.00. The highest BCUT2D eigenvalue weighted by atomic mass is 16.3. The molecule has 0 bridgehead atoms. The first kappa shape index (κ1) is 23.5. The Labute approximate surface area is 166 Å². The molecule has 0 unspecified atom stereocenters. The van der Waals surface area contributed by atoms with Crippen molar-refractivity contribution in [3.63, 3.8) is 0 Å². The number of hydrogen-bond acceptors (Lipinski definition) is 3. The van der Waals surface area contributed by atoms with Crippen LogP contribution in [0.15, 0.2) is 18.2 Å². The number of phenols is 1. The first-order valence-electron chi connectivity index (χ1n) is 11.3. The normalized spacial score (nSPS) is 11.0. The fourth-order valence-electron chi connectivity index (χ4n) is 3.53. The Kier molecular flexibility index (Phi) is 13.5. The summed E-state index contributed by atoms with van der Waals surface area (Å²) < 4.78 is 0. The molecule has 0 heterocycles. The minimum atomic E-state index is 0.0403. The summed E-state index contributed by atoms with van der Waals surface area (Å²) in [5, 5.41) is 9.41. The number of carbonyl (C=O) groups is 1. The van der Waals surface area contributed by atoms with Gasteiger partial charge >= 0.3 is 0 Å². The van der Waals surface area contributed by atoms with E-state index in [9.17, 15) is 9.90 Å². The van der Waals surface area contributed by atoms with Crippen LogP contribution in [-0.4, -0.2) is 10.9 Å². The lowest BCUT2D eigenvalue weighted by atomic mass is 10.0. The lowest BCUT2D eigenvalue weighted by Gasteiger charge is -2.05. The lowest BCUT2D eigenvalue weighted by molar-refractivity contribution is 0.0979. The van der Waals surface area contributed by atoms with Crippen molar-refractivity contribution >= 4 is 11.5 Å². The predicted molar refractivity (Wildman–Crippen MR) is 116 cm³/mol. The van der Waals surface area contributed by atoms with Gasteiger partial charge in [0.15, 0.2) is 5.78 Å². The third-order valence-corrected chi connectivity index (χ3v) is 5.36. The molecule has 0 aliphatic rings. The third kappa shape index (κ3) is 11.7. The quantitative estimate of drug-likeness (QED) is 0.129. The van der Waals surface area contributed by atoms with Gasteiger partial charge in [-0.2, -0.15) is 0 Å². The van der Waals surface area contributed by atoms with E-state index in [1.165, 1.54) is 89.5 Å². The number of hydrogen-bond donors (Lipinski definition) is 2. The molecule has 3 heteroatoms. The standard InChI is InChI=1S/C24H41NO2/c1-2-3-4-5-6-7-8-9-10-11-12-13-14-15-16-17-23(26)21-18-19-24(27)22(25)20-21/h18-20,27H,2-17,25H2,1H3. The number of ketones is 1. The summed E-state index contributed by atoms with van der Waals surface area (Å²) in [6, 6.07) is 4.72. The van der Waals surface area contributed by atoms with Crippen LogP contribution >= 0.6 is 0 Å². The SMILES string of the molecule is CCCCCCCCCCCCCCCCCC(=O)c1ccc(O)c(N)c1. The minimum absolute atomic E-state index is 0.0403. The van der Waals surface area contributed by atoms with E-state index in [1.54, 1.807) is 12.1 Å². The Balaban J connectivity index is 1.87. The highest BCUT2D eigenvalue weighted by Crippen LogP contribution is 2.22. The maximum Gasteiger partial charge on any atom is 0.162 e. The van der Waals surface area contributed by atoms with Gasteiger partial charge < -0.3 is 10.8 Å². The second-order valence-electron chi connectivity index (χ2n) is 7.90. The maximum atomic E-state index is 12.1. The van der Waals surface area contributed by atoms with Crippen molar-refractivity contribution < 1.29 is 9.90 Å². The first-order valence-corrected chi connectivity index (χ1v) is 11.3. The molecule has 0 atom stereocenters. The van der Waals surface area contributed by atoms with E-state index in [4.69, 9.17) is 5.73 Å². The molecule has 0 aliphatic carbocycles. The van der Waals surface area contributed by atoms with Crippen molar-refractivity contribution in [1.29, 1.82) is 0 Å². The average Bonchev–Trinajstić information content (AvgIpc) is 2.66. The van der Waals surface area contributed by atoms with E-state index in [-0.39, 0.29) is 17.2 Å². The van der Waals surface area contributed by atoms with Gasteiger partial charge in [0.25, 0.3) is 0 Å². The van der Waals surface area contributed by atoms with Crippen molar-refractivity contribution in [3.05, 3.63) is 23.8 Å². The first-order chi connectivity index (χ1) is 13.1. The van der Waals surface area contributed by atoms with Crippen LogP contribution in [0.5, 0.6) is 5.75 Å². The monoisotopic (exact) mass is 375 g/mol. The van der Waals surface area contributed by atoms with Gasteiger partial charge in [-0.1, -0.05) is 96.8 Å². The van der Waals surface area contributed by atoms with Crippen molar-refractivity contribution in [2.24, 2.45) is 0 Å². The molecule has 1 aromatic carbocycles. The second-order valence-corrected chi connectivity index (χ2v) is 7.90. The fourth-order valence-corrected chi connectivity index (χ4v) is 3.53. The van der Waals surface area contributed by atoms with E-state index in [1.807, 2.05) is 0 Å². The Morgan fingerprint density at radius 3 is 1.67 bits per heavy atom. The van der Waals surface area contributed by atoms with Crippen LogP contribution < -0.4 is 5.73 Å². The van der Waals surface area contributed by atoms with Crippen molar-refractivity contribution in [1.82, 2.24) is 0 Å². The number of unbranched alkanes of at least 4 members (excludes halogenated alkanes) is 14. The van der Waals surface area contributed by atoms with Gasteiger partial charge in [0.1, 0.15) is 5.75 Å². The zero-order valence-corrected chi connectivity index (χ0v) is 17.5. The molecule has 0 aromatic heterocycles. The van der Waals surface area contributed by atoms with Gasteiger partial charge in [-0.05, 0) is 24.6 Å². The molecule has 1 aromatic rings. The van der Waals surface area contributed by atoms with Gasteiger partial charge in [-0.25, -0.2) is 0 Å². The van der Waals surface area contributed by atoms with Crippen LogP contribution in [0.3, 0.4) is 0 Å². The summed E-state index contributed by atoms with van der Waals surface area (Å²) in [5.74, 6) is 0.162. The smallest absolute Gasteiger partial charge is 0.162 e. The number of aromatic hydroxyl groups is 1. The Morgan fingerprint density at radius 1 is 0.778 bits per heavy atom. The van der Waals surface area contributed by atoms with Crippen LogP contribution in [0.4, 0.5) is 5.69 Å². The molecule has 0 amide bonds. The topological polar surface area (TPSA) is 63.3 Å². The van der Waals surface area contributed by atoms with E-state index >= 15 is 0 Å². The van der Waals surface area contributed by atoms with E-state index in [0.29, 0.717) is 12.0 Å². The summed E-state index contributed by atoms with van der Waals surface area (Å²) >= 11 is 0. The number of rotatable bonds is 17. The molecule has 0 aliphatic heterocycles. The van der Waals surface area contributed by atoms with Crippen LogP contribution in [-0.2, 0) is 0 Å². The van der Waals surface area contributed by atoms with Gasteiger partial charge in [-0.3, -0.25) is 4.79 Å². The van der Waals surface area contributed by atoms with Gasteiger partial charge in [0.05, 0.1) is 5.69 Å². The van der Waals surface area contributed by atoms with Crippen molar-refractivity contribution in [2.45, 2.75) is 110 Å². The molecule has 3 N–H and O–H groups in total. The average molecular weight is 376 g/mol. The number of Topliss-reactive ketones (excluding diaryl/α,β-unsaturated/α-hetero) is 1. The van der Waals surface area contributed by atoms with Crippen LogP contribution in [0, 0.1) is 0 Å². The minimum Gasteiger partial charge on any atom is -0.506 e. The number of nitrogen functional groups attached to an aromatic ring is 1. The van der Waals surface area contributed by atoms with E-state index in [2.05, 4.69) is 6.92 Å². The zero-order chi connectivity index (χ0) is 19.7. The number of nitrogens with two attached hydrogens (primary N) is 1. The summed E-state index contributed by atoms with van der Waals surface area (Å²) in [4.78, 5) is 12.1. The summed E-state index contributed by atoms with van der Waals surface area (Å²) in [6.45, 7) is 2.27. The second kappa shape index (κ2) is 15.5. The Hall–Kier alpha value is -1.51. The van der Waals surface area contributed by atoms with Crippen LogP contribution in [0.2, 0.25) is 0 Å². The molecular weight excluding hydrogens is 334 g/mol. The Bertz CT molecular complexity index is 513. The van der Waals surface area contributed by atoms with Gasteiger partial charge in [-0.15, -0.1) is 0 Å². The molecule has 0 spiro atoms. The zero-order valence-electron chi connectivity index (χ0n) is 17.5. The number of anilines is 1. The molecule has 1 rings (SSSR count). The highest BCUT2D eigenvalue weighted by molar-refractivity contribution is 5.97. The van der Waals surface area contributed by atoms with Gasteiger partial charge in [0.2, 0.25) is 0 Å². The molecule has 0 fully saturated rings. The molecule has 3 nitrogen and oxygen atoms in total. The number of benzene rings is 1. The van der Waals surface area contributed by atoms with E-state index in [0.717, 1.165) is 12.8 Å².